The predicted octanol–water partition coefficient (Wildman–Crippen LogP) is 3.63. The number of benzene rings is 2. The molecular formula is C20H24N2O2. The fraction of sp³-hybridized carbons (Fsp3) is 0.300. The standard InChI is InChI=1S/C20H24N2O2/c1-3-17-12-8-9-13-18(17)21-19(23)14-20(24)22(4-2)15-16-10-6-5-7-11-16/h5-13H,3-4,14-15H2,1-2H3,(H,21,23). The number of aryl methyl sites for hydroxylation is 1. The Hall–Kier alpha value is -2.62. The normalized spacial score (nSPS) is 10.2. The van der Waals surface area contributed by atoms with E-state index in [4.69, 9.17) is 0 Å². The second kappa shape index (κ2) is 8.87. The van der Waals surface area contributed by atoms with Gasteiger partial charge in [0, 0.05) is 18.8 Å². The summed E-state index contributed by atoms with van der Waals surface area (Å²) in [5.74, 6) is -0.430. The number of carbonyl (C=O) groups is 2. The van der Waals surface area contributed by atoms with E-state index in [0.29, 0.717) is 13.1 Å². The van der Waals surface area contributed by atoms with Crippen molar-refractivity contribution in [1.82, 2.24) is 4.90 Å². The molecule has 0 aliphatic carbocycles. The molecule has 0 aromatic heterocycles. The van der Waals surface area contributed by atoms with Crippen LogP contribution in [0.2, 0.25) is 0 Å². The van der Waals surface area contributed by atoms with E-state index in [1.54, 1.807) is 4.90 Å². The molecule has 2 aromatic carbocycles. The molecule has 0 bridgehead atoms. The summed E-state index contributed by atoms with van der Waals surface area (Å²) in [5.41, 5.74) is 2.91. The Kier molecular flexibility index (Phi) is 6.55. The Morgan fingerprint density at radius 3 is 2.29 bits per heavy atom. The number of para-hydroxylation sites is 1. The van der Waals surface area contributed by atoms with Gasteiger partial charge in [0.1, 0.15) is 6.42 Å². The summed E-state index contributed by atoms with van der Waals surface area (Å²) in [6.07, 6.45) is 0.693. The lowest BCUT2D eigenvalue weighted by Crippen LogP contribution is -2.33. The highest BCUT2D eigenvalue weighted by molar-refractivity contribution is 6.03. The van der Waals surface area contributed by atoms with Gasteiger partial charge in [-0.25, -0.2) is 0 Å². The highest BCUT2D eigenvalue weighted by atomic mass is 16.2. The molecule has 0 unspecified atom stereocenters. The van der Waals surface area contributed by atoms with Crippen LogP contribution >= 0.6 is 0 Å². The minimum atomic E-state index is -0.271. The van der Waals surface area contributed by atoms with Crippen molar-refractivity contribution in [3.8, 4) is 0 Å². The number of hydrogen-bond acceptors (Lipinski definition) is 2. The lowest BCUT2D eigenvalue weighted by atomic mass is 10.1. The van der Waals surface area contributed by atoms with Gasteiger partial charge in [-0.15, -0.1) is 0 Å². The zero-order valence-corrected chi connectivity index (χ0v) is 14.3. The summed E-state index contributed by atoms with van der Waals surface area (Å²) < 4.78 is 0. The summed E-state index contributed by atoms with van der Waals surface area (Å²) >= 11 is 0. The molecule has 2 rings (SSSR count). The number of carbonyl (C=O) groups excluding carboxylic acids is 2. The Morgan fingerprint density at radius 1 is 0.958 bits per heavy atom. The molecule has 0 aliphatic heterocycles. The van der Waals surface area contributed by atoms with Gasteiger partial charge in [-0.05, 0) is 30.5 Å². The maximum atomic E-state index is 12.4. The third kappa shape index (κ3) is 4.95. The van der Waals surface area contributed by atoms with E-state index in [2.05, 4.69) is 5.32 Å². The Balaban J connectivity index is 1.95. The predicted molar refractivity (Wildman–Crippen MR) is 96.6 cm³/mol. The quantitative estimate of drug-likeness (QED) is 0.791. The molecule has 0 saturated carbocycles. The summed E-state index contributed by atoms with van der Waals surface area (Å²) in [5, 5.41) is 2.85. The van der Waals surface area contributed by atoms with Crippen LogP contribution in [0.3, 0.4) is 0 Å². The van der Waals surface area contributed by atoms with E-state index >= 15 is 0 Å². The number of hydrogen-bond donors (Lipinski definition) is 1. The maximum Gasteiger partial charge on any atom is 0.233 e. The summed E-state index contributed by atoms with van der Waals surface area (Å²) in [4.78, 5) is 26.3. The maximum absolute atomic E-state index is 12.4. The molecule has 2 aromatic rings. The molecule has 1 N–H and O–H groups in total. The zero-order chi connectivity index (χ0) is 17.4. The van der Waals surface area contributed by atoms with E-state index in [0.717, 1.165) is 23.2 Å². The lowest BCUT2D eigenvalue weighted by Gasteiger charge is -2.21. The van der Waals surface area contributed by atoms with Gasteiger partial charge in [0.05, 0.1) is 0 Å². The van der Waals surface area contributed by atoms with Gasteiger partial charge >= 0.3 is 0 Å². The van der Waals surface area contributed by atoms with Crippen LogP contribution in [-0.2, 0) is 22.6 Å². The fourth-order valence-electron chi connectivity index (χ4n) is 2.57. The van der Waals surface area contributed by atoms with Crippen molar-refractivity contribution in [2.75, 3.05) is 11.9 Å². The molecule has 4 nitrogen and oxygen atoms in total. The summed E-state index contributed by atoms with van der Waals surface area (Å²) in [7, 11) is 0. The number of nitrogens with one attached hydrogen (secondary N) is 1. The van der Waals surface area contributed by atoms with E-state index in [9.17, 15) is 9.59 Å². The van der Waals surface area contributed by atoms with Gasteiger partial charge in [-0.1, -0.05) is 55.5 Å². The van der Waals surface area contributed by atoms with Crippen molar-refractivity contribution < 1.29 is 9.59 Å². The van der Waals surface area contributed by atoms with Crippen molar-refractivity contribution >= 4 is 17.5 Å². The number of nitrogens with zero attached hydrogens (tertiary/aromatic N) is 1. The molecular weight excluding hydrogens is 300 g/mol. The van der Waals surface area contributed by atoms with Crippen LogP contribution in [0.25, 0.3) is 0 Å². The summed E-state index contributed by atoms with van der Waals surface area (Å²) in [6, 6.07) is 17.5. The van der Waals surface area contributed by atoms with Crippen LogP contribution in [0.15, 0.2) is 54.6 Å². The summed E-state index contributed by atoms with van der Waals surface area (Å²) in [6.45, 7) is 5.06. The topological polar surface area (TPSA) is 49.4 Å². The van der Waals surface area contributed by atoms with Crippen molar-refractivity contribution in [3.63, 3.8) is 0 Å². The minimum absolute atomic E-state index is 0.140. The zero-order valence-electron chi connectivity index (χ0n) is 14.3. The average molecular weight is 324 g/mol. The SMILES string of the molecule is CCc1ccccc1NC(=O)CC(=O)N(CC)Cc1ccccc1. The van der Waals surface area contributed by atoms with Gasteiger partial charge < -0.3 is 10.2 Å². The largest absolute Gasteiger partial charge is 0.338 e. The Morgan fingerprint density at radius 2 is 1.62 bits per heavy atom. The van der Waals surface area contributed by atoms with E-state index in [1.165, 1.54) is 0 Å². The van der Waals surface area contributed by atoms with E-state index in [-0.39, 0.29) is 18.2 Å². The molecule has 0 aliphatic rings. The fourth-order valence-corrected chi connectivity index (χ4v) is 2.57. The van der Waals surface area contributed by atoms with E-state index in [1.807, 2.05) is 68.4 Å². The van der Waals surface area contributed by atoms with Gasteiger partial charge in [0.25, 0.3) is 0 Å². The number of rotatable bonds is 7. The first kappa shape index (κ1) is 17.7. The molecule has 24 heavy (non-hydrogen) atoms. The number of anilines is 1. The van der Waals surface area contributed by atoms with Crippen LogP contribution < -0.4 is 5.32 Å². The molecule has 0 radical (unpaired) electrons. The Bertz CT molecular complexity index is 683. The first-order chi connectivity index (χ1) is 11.6. The molecule has 0 heterocycles. The van der Waals surface area contributed by atoms with Crippen LogP contribution in [0.4, 0.5) is 5.69 Å². The van der Waals surface area contributed by atoms with Crippen molar-refractivity contribution in [2.24, 2.45) is 0 Å². The van der Waals surface area contributed by atoms with Gasteiger partial charge in [0.15, 0.2) is 0 Å². The highest BCUT2D eigenvalue weighted by Gasteiger charge is 2.17. The second-order valence-electron chi connectivity index (χ2n) is 5.63. The van der Waals surface area contributed by atoms with E-state index < -0.39 is 0 Å². The molecule has 4 heteroatoms. The first-order valence-corrected chi connectivity index (χ1v) is 8.33. The van der Waals surface area contributed by atoms with Crippen LogP contribution in [0.1, 0.15) is 31.4 Å². The van der Waals surface area contributed by atoms with Crippen LogP contribution in [0.5, 0.6) is 0 Å². The minimum Gasteiger partial charge on any atom is -0.338 e. The third-order valence-corrected chi connectivity index (χ3v) is 3.93. The second-order valence-corrected chi connectivity index (χ2v) is 5.63. The highest BCUT2D eigenvalue weighted by Crippen LogP contribution is 2.16. The van der Waals surface area contributed by atoms with Gasteiger partial charge in [0.2, 0.25) is 11.8 Å². The van der Waals surface area contributed by atoms with Crippen molar-refractivity contribution in [1.29, 1.82) is 0 Å². The molecule has 0 fully saturated rings. The van der Waals surface area contributed by atoms with Crippen molar-refractivity contribution in [2.45, 2.75) is 33.2 Å². The number of amides is 2. The molecule has 126 valence electrons. The van der Waals surface area contributed by atoms with Crippen molar-refractivity contribution in [3.05, 3.63) is 65.7 Å². The van der Waals surface area contributed by atoms with Crippen LogP contribution in [0, 0.1) is 0 Å². The molecule has 0 atom stereocenters. The first-order valence-electron chi connectivity index (χ1n) is 8.33. The van der Waals surface area contributed by atoms with Gasteiger partial charge in [-0.3, -0.25) is 9.59 Å². The van der Waals surface area contributed by atoms with Crippen LogP contribution in [-0.4, -0.2) is 23.3 Å². The Labute approximate surface area is 143 Å². The third-order valence-electron chi connectivity index (χ3n) is 3.93. The monoisotopic (exact) mass is 324 g/mol. The lowest BCUT2D eigenvalue weighted by molar-refractivity contribution is -0.134. The molecule has 0 saturated heterocycles. The average Bonchev–Trinajstić information content (AvgIpc) is 2.60. The van der Waals surface area contributed by atoms with Gasteiger partial charge in [-0.2, -0.15) is 0 Å². The molecule has 2 amide bonds. The smallest absolute Gasteiger partial charge is 0.233 e. The molecule has 0 spiro atoms.